The Labute approximate surface area is 177 Å². The zero-order chi connectivity index (χ0) is 21.5. The van der Waals surface area contributed by atoms with Crippen LogP contribution >= 0.6 is 0 Å². The van der Waals surface area contributed by atoms with E-state index >= 15 is 0 Å². The summed E-state index contributed by atoms with van der Waals surface area (Å²) in [7, 11) is 0. The highest BCUT2D eigenvalue weighted by atomic mass is 16.1. The molecule has 1 heterocycles. The summed E-state index contributed by atoms with van der Waals surface area (Å²) in [5.74, 6) is 0.552. The van der Waals surface area contributed by atoms with Crippen molar-refractivity contribution in [2.24, 2.45) is 0 Å². The van der Waals surface area contributed by atoms with Crippen LogP contribution in [0, 0.1) is 6.92 Å². The van der Waals surface area contributed by atoms with Gasteiger partial charge in [-0.05, 0) is 19.1 Å². The topological polar surface area (TPSA) is 90.9 Å². The molecule has 5 rings (SSSR count). The van der Waals surface area contributed by atoms with Crippen LogP contribution in [0.3, 0.4) is 0 Å². The fourth-order valence-electron chi connectivity index (χ4n) is 3.79. The Balaban J connectivity index is 2.01. The Bertz CT molecular complexity index is 1520. The molecule has 0 atom stereocenters. The second kappa shape index (κ2) is 7.18. The molecule has 0 saturated carbocycles. The van der Waals surface area contributed by atoms with Crippen LogP contribution in [-0.2, 0) is 0 Å². The molecule has 0 saturated heterocycles. The van der Waals surface area contributed by atoms with Crippen LogP contribution in [0.4, 0.5) is 5.82 Å². The Hall–Kier alpha value is -4.32. The van der Waals surface area contributed by atoms with Crippen molar-refractivity contribution < 1.29 is 0 Å². The average molecular weight is 406 g/mol. The third-order valence-corrected chi connectivity index (χ3v) is 5.37. The number of nitrogens with zero attached hydrogens (tertiary/aromatic N) is 3. The van der Waals surface area contributed by atoms with Gasteiger partial charge in [-0.15, -0.1) is 10.2 Å². The molecule has 3 aromatic rings. The van der Waals surface area contributed by atoms with Crippen molar-refractivity contribution in [1.29, 1.82) is 0 Å². The maximum atomic E-state index is 13.4. The number of hydrogen-bond donors (Lipinski definition) is 1. The number of anilines is 1. The molecule has 0 bridgehead atoms. The van der Waals surface area contributed by atoms with E-state index in [1.807, 2.05) is 61.5 Å². The van der Waals surface area contributed by atoms with Gasteiger partial charge in [-0.2, -0.15) is 0 Å². The van der Waals surface area contributed by atoms with E-state index in [0.29, 0.717) is 22.3 Å². The summed E-state index contributed by atoms with van der Waals surface area (Å²) < 4.78 is 1.68. The Morgan fingerprint density at radius 1 is 0.742 bits per heavy atom. The van der Waals surface area contributed by atoms with Gasteiger partial charge in [0.05, 0.1) is 5.56 Å². The number of aromatic nitrogens is 3. The number of nitrogens with two attached hydrogens (primary N) is 1. The van der Waals surface area contributed by atoms with E-state index in [-0.39, 0.29) is 27.9 Å². The van der Waals surface area contributed by atoms with Crippen LogP contribution in [0.15, 0.2) is 88.5 Å². The van der Waals surface area contributed by atoms with E-state index in [1.54, 1.807) is 28.8 Å². The van der Waals surface area contributed by atoms with Crippen LogP contribution in [0.25, 0.3) is 39.1 Å². The minimum absolute atomic E-state index is 0.0377. The van der Waals surface area contributed by atoms with Gasteiger partial charge in [0.25, 0.3) is 0 Å². The highest BCUT2D eigenvalue weighted by molar-refractivity contribution is 5.92. The molecular formula is C25H18N4O2. The maximum absolute atomic E-state index is 13.4. The Morgan fingerprint density at radius 2 is 1.35 bits per heavy atom. The van der Waals surface area contributed by atoms with E-state index in [0.717, 1.165) is 11.1 Å². The number of fused-ring (bicyclic) bond motifs is 2. The lowest BCUT2D eigenvalue weighted by Crippen LogP contribution is -2.20. The molecular weight excluding hydrogens is 388 g/mol. The van der Waals surface area contributed by atoms with Crippen molar-refractivity contribution in [2.75, 3.05) is 5.73 Å². The standard InChI is InChI=1S/C25H18N4O2/c1-15-11-13-17(14-12-15)29-24(26)20-21(27-28-25(29)16-7-3-2-4-8-16)23(31)19-10-6-5-9-18(19)22(20)30/h2-14H,26H2,1H3. The molecule has 0 fully saturated rings. The van der Waals surface area contributed by atoms with Gasteiger partial charge in [0.1, 0.15) is 11.5 Å². The minimum atomic E-state index is -0.366. The molecule has 3 aromatic carbocycles. The quantitative estimate of drug-likeness (QED) is 0.481. The molecule has 1 aliphatic heterocycles. The summed E-state index contributed by atoms with van der Waals surface area (Å²) in [6.07, 6.45) is 0. The predicted octanol–water partition coefficient (Wildman–Crippen LogP) is 3.80. The molecule has 2 aliphatic rings. The lowest BCUT2D eigenvalue weighted by Gasteiger charge is -2.14. The summed E-state index contributed by atoms with van der Waals surface area (Å²) in [6, 6.07) is 23.8. The largest absolute Gasteiger partial charge is 0.384 e. The van der Waals surface area contributed by atoms with Gasteiger partial charge in [0, 0.05) is 22.0 Å². The monoisotopic (exact) mass is 406 g/mol. The molecule has 0 radical (unpaired) electrons. The summed E-state index contributed by atoms with van der Waals surface area (Å²) >= 11 is 0. The first-order valence-electron chi connectivity index (χ1n) is 9.82. The highest BCUT2D eigenvalue weighted by Crippen LogP contribution is 2.29. The van der Waals surface area contributed by atoms with Crippen LogP contribution < -0.4 is 16.6 Å². The Kier molecular flexibility index (Phi) is 4.33. The fraction of sp³-hybridized carbons (Fsp3) is 0.0400. The molecule has 1 aliphatic carbocycles. The van der Waals surface area contributed by atoms with Crippen molar-refractivity contribution >= 4 is 16.6 Å². The molecule has 6 nitrogen and oxygen atoms in total. The summed E-state index contributed by atoms with van der Waals surface area (Å²) in [5.41, 5.74) is 8.49. The number of rotatable bonds is 2. The van der Waals surface area contributed by atoms with E-state index in [9.17, 15) is 9.59 Å². The second-order valence-corrected chi connectivity index (χ2v) is 7.37. The first kappa shape index (κ1) is 18.7. The van der Waals surface area contributed by atoms with Crippen molar-refractivity contribution in [3.8, 4) is 28.3 Å². The molecule has 31 heavy (non-hydrogen) atoms. The zero-order valence-corrected chi connectivity index (χ0v) is 16.7. The van der Waals surface area contributed by atoms with Gasteiger partial charge < -0.3 is 5.73 Å². The van der Waals surface area contributed by atoms with Crippen LogP contribution in [0.2, 0.25) is 0 Å². The molecule has 0 unspecified atom stereocenters. The molecule has 2 N–H and O–H groups in total. The van der Waals surface area contributed by atoms with Crippen LogP contribution in [-0.4, -0.2) is 14.8 Å². The van der Waals surface area contributed by atoms with E-state index in [1.165, 1.54) is 0 Å². The molecule has 0 aromatic heterocycles. The maximum Gasteiger partial charge on any atom is 0.214 e. The SMILES string of the molecule is Cc1ccc(-n2c(-c3ccccc3)nnc3c(=O)c4ccccc4c(=O)c-3c2N)cc1. The van der Waals surface area contributed by atoms with Gasteiger partial charge in [-0.3, -0.25) is 14.2 Å². The molecule has 0 amide bonds. The predicted molar refractivity (Wildman–Crippen MR) is 123 cm³/mol. The number of hydrogen-bond acceptors (Lipinski definition) is 5. The molecule has 150 valence electrons. The van der Waals surface area contributed by atoms with Crippen molar-refractivity contribution in [3.63, 3.8) is 0 Å². The van der Waals surface area contributed by atoms with Crippen LogP contribution in [0.5, 0.6) is 0 Å². The lowest BCUT2D eigenvalue weighted by molar-refractivity contribution is 0.972. The van der Waals surface area contributed by atoms with Gasteiger partial charge in [-0.1, -0.05) is 72.3 Å². The number of nitrogen functional groups attached to an aromatic ring is 1. The third kappa shape index (κ3) is 2.97. The highest BCUT2D eigenvalue weighted by Gasteiger charge is 2.23. The number of aryl methyl sites for hydroxylation is 1. The van der Waals surface area contributed by atoms with E-state index < -0.39 is 0 Å². The molecule has 6 heteroatoms. The van der Waals surface area contributed by atoms with Crippen molar-refractivity contribution in [3.05, 3.63) is 105 Å². The third-order valence-electron chi connectivity index (χ3n) is 5.37. The second-order valence-electron chi connectivity index (χ2n) is 7.37. The summed E-state index contributed by atoms with van der Waals surface area (Å²) in [5, 5.41) is 9.26. The normalized spacial score (nSPS) is 11.1. The van der Waals surface area contributed by atoms with Gasteiger partial charge in [-0.25, -0.2) is 0 Å². The number of benzene rings is 4. The van der Waals surface area contributed by atoms with Crippen molar-refractivity contribution in [2.45, 2.75) is 6.92 Å². The molecule has 0 spiro atoms. The summed E-state index contributed by atoms with van der Waals surface area (Å²) in [4.78, 5) is 26.6. The first-order chi connectivity index (χ1) is 15.1. The van der Waals surface area contributed by atoms with Gasteiger partial charge >= 0.3 is 0 Å². The zero-order valence-electron chi connectivity index (χ0n) is 16.7. The van der Waals surface area contributed by atoms with E-state index in [2.05, 4.69) is 10.2 Å². The lowest BCUT2D eigenvalue weighted by atomic mass is 10.0. The van der Waals surface area contributed by atoms with Gasteiger partial charge in [0.15, 0.2) is 11.3 Å². The minimum Gasteiger partial charge on any atom is -0.384 e. The Morgan fingerprint density at radius 3 is 2.03 bits per heavy atom. The fourth-order valence-corrected chi connectivity index (χ4v) is 3.79. The average Bonchev–Trinajstić information content (AvgIpc) is 2.95. The van der Waals surface area contributed by atoms with E-state index in [4.69, 9.17) is 5.73 Å². The van der Waals surface area contributed by atoms with Crippen molar-refractivity contribution in [1.82, 2.24) is 14.8 Å². The van der Waals surface area contributed by atoms with Gasteiger partial charge in [0.2, 0.25) is 5.43 Å². The van der Waals surface area contributed by atoms with Crippen LogP contribution in [0.1, 0.15) is 5.56 Å². The summed E-state index contributed by atoms with van der Waals surface area (Å²) in [6.45, 7) is 1.99. The first-order valence-corrected chi connectivity index (χ1v) is 9.82. The smallest absolute Gasteiger partial charge is 0.214 e.